The van der Waals surface area contributed by atoms with Gasteiger partial charge in [-0.3, -0.25) is 0 Å². The van der Waals surface area contributed by atoms with Gasteiger partial charge in [-0.2, -0.15) is 0 Å². The number of benzene rings is 2. The van der Waals surface area contributed by atoms with Crippen LogP contribution in [-0.2, 0) is 0 Å². The molecule has 0 heterocycles. The van der Waals surface area contributed by atoms with Gasteiger partial charge in [0.25, 0.3) is 0 Å². The summed E-state index contributed by atoms with van der Waals surface area (Å²) >= 11 is 5.70. The molecule has 25 heavy (non-hydrogen) atoms. The van der Waals surface area contributed by atoms with Gasteiger partial charge in [-0.15, -0.1) is 0 Å². The fourth-order valence-electron chi connectivity index (χ4n) is 3.50. The Kier molecular flexibility index (Phi) is 5.74. The third kappa shape index (κ3) is 4.40. The molecule has 0 aliphatic heterocycles. The molecule has 0 amide bonds. The first-order chi connectivity index (χ1) is 12.1. The highest BCUT2D eigenvalue weighted by Crippen LogP contribution is 2.37. The molecule has 1 aliphatic rings. The van der Waals surface area contributed by atoms with E-state index >= 15 is 0 Å². The molecule has 4 heteroatoms. The minimum Gasteiger partial charge on any atom is -0.423 e. The molecule has 132 valence electrons. The monoisotopic (exact) mass is 360 g/mol. The van der Waals surface area contributed by atoms with E-state index in [4.69, 9.17) is 16.3 Å². The smallest absolute Gasteiger partial charge is 0.343 e. The van der Waals surface area contributed by atoms with Crippen molar-refractivity contribution < 1.29 is 13.9 Å². The Morgan fingerprint density at radius 1 is 1.12 bits per heavy atom. The number of esters is 1. The van der Waals surface area contributed by atoms with Crippen molar-refractivity contribution in [1.82, 2.24) is 0 Å². The van der Waals surface area contributed by atoms with E-state index in [2.05, 4.69) is 6.92 Å². The Labute approximate surface area is 153 Å². The molecule has 0 saturated heterocycles. The van der Waals surface area contributed by atoms with Gasteiger partial charge in [0.1, 0.15) is 11.6 Å². The van der Waals surface area contributed by atoms with Gasteiger partial charge in [-0.1, -0.05) is 37.1 Å². The normalized spacial score (nSPS) is 20.3. The van der Waals surface area contributed by atoms with E-state index in [1.807, 2.05) is 12.1 Å². The van der Waals surface area contributed by atoms with E-state index in [-0.39, 0.29) is 10.8 Å². The lowest BCUT2D eigenvalue weighted by molar-refractivity contribution is 0.0734. The Morgan fingerprint density at radius 3 is 2.40 bits per heavy atom. The number of ether oxygens (including phenoxy) is 1. The van der Waals surface area contributed by atoms with E-state index in [0.717, 1.165) is 5.92 Å². The van der Waals surface area contributed by atoms with Crippen molar-refractivity contribution in [2.75, 3.05) is 0 Å². The molecule has 1 fully saturated rings. The fraction of sp³-hybridized carbons (Fsp3) is 0.381. The number of hydrogen-bond donors (Lipinski definition) is 0. The lowest BCUT2D eigenvalue weighted by Gasteiger charge is -2.28. The van der Waals surface area contributed by atoms with Gasteiger partial charge < -0.3 is 4.74 Å². The summed E-state index contributed by atoms with van der Waals surface area (Å²) in [6.45, 7) is 2.26. The fourth-order valence-corrected chi connectivity index (χ4v) is 3.67. The van der Waals surface area contributed by atoms with Crippen LogP contribution in [0.25, 0.3) is 0 Å². The standard InChI is InChI=1S/C21H22ClFO2/c1-2-14-3-5-15(6-4-14)16-7-9-17(10-8-16)21(24)25-18-11-12-20(23)19(22)13-18/h7-15H,2-6H2,1H3/t14-,15-. The van der Waals surface area contributed by atoms with Crippen LogP contribution < -0.4 is 4.74 Å². The van der Waals surface area contributed by atoms with Crippen LogP contribution in [-0.4, -0.2) is 5.97 Å². The molecule has 0 spiro atoms. The topological polar surface area (TPSA) is 26.3 Å². The number of carbonyl (C=O) groups excluding carboxylic acids is 1. The zero-order valence-corrected chi connectivity index (χ0v) is 15.1. The summed E-state index contributed by atoms with van der Waals surface area (Å²) in [6.07, 6.45) is 6.28. The van der Waals surface area contributed by atoms with E-state index in [1.54, 1.807) is 12.1 Å². The number of hydrogen-bond acceptors (Lipinski definition) is 2. The van der Waals surface area contributed by atoms with Crippen LogP contribution in [0.4, 0.5) is 4.39 Å². The SMILES string of the molecule is CC[C@H]1CC[C@H](c2ccc(C(=O)Oc3ccc(F)c(Cl)c3)cc2)CC1. The van der Waals surface area contributed by atoms with Gasteiger partial charge in [0, 0.05) is 6.07 Å². The van der Waals surface area contributed by atoms with E-state index in [0.29, 0.717) is 11.5 Å². The summed E-state index contributed by atoms with van der Waals surface area (Å²) < 4.78 is 18.4. The van der Waals surface area contributed by atoms with Crippen LogP contribution in [0.1, 0.15) is 60.9 Å². The highest BCUT2D eigenvalue weighted by atomic mass is 35.5. The van der Waals surface area contributed by atoms with Crippen LogP contribution in [0, 0.1) is 11.7 Å². The van der Waals surface area contributed by atoms with Crippen LogP contribution in [0.5, 0.6) is 5.75 Å². The predicted molar refractivity (Wildman–Crippen MR) is 97.8 cm³/mol. The highest BCUT2D eigenvalue weighted by Gasteiger charge is 2.21. The van der Waals surface area contributed by atoms with Crippen molar-refractivity contribution in [3.05, 3.63) is 64.4 Å². The first kappa shape index (κ1) is 17.9. The predicted octanol–water partition coefficient (Wildman–Crippen LogP) is 6.38. The van der Waals surface area contributed by atoms with Gasteiger partial charge in [0.15, 0.2) is 0 Å². The van der Waals surface area contributed by atoms with E-state index < -0.39 is 11.8 Å². The van der Waals surface area contributed by atoms with E-state index in [1.165, 1.54) is 55.9 Å². The average Bonchev–Trinajstić information content (AvgIpc) is 2.65. The summed E-state index contributed by atoms with van der Waals surface area (Å²) in [6, 6.07) is 11.5. The van der Waals surface area contributed by atoms with Crippen molar-refractivity contribution in [2.45, 2.75) is 44.9 Å². The zero-order valence-electron chi connectivity index (χ0n) is 14.3. The molecule has 2 aromatic rings. The molecule has 0 unspecified atom stereocenters. The lowest BCUT2D eigenvalue weighted by atomic mass is 9.78. The second-order valence-electron chi connectivity index (χ2n) is 6.71. The Bertz CT molecular complexity index is 734. The van der Waals surface area contributed by atoms with Crippen molar-refractivity contribution in [3.63, 3.8) is 0 Å². The van der Waals surface area contributed by atoms with Crippen LogP contribution in [0.3, 0.4) is 0 Å². The summed E-state index contributed by atoms with van der Waals surface area (Å²) in [7, 11) is 0. The molecule has 0 bridgehead atoms. The summed E-state index contributed by atoms with van der Waals surface area (Å²) in [5.74, 6) is 0.683. The van der Waals surface area contributed by atoms with E-state index in [9.17, 15) is 9.18 Å². The van der Waals surface area contributed by atoms with Crippen molar-refractivity contribution >= 4 is 17.6 Å². The third-order valence-electron chi connectivity index (χ3n) is 5.14. The maximum absolute atomic E-state index is 13.2. The van der Waals surface area contributed by atoms with Gasteiger partial charge in [0.05, 0.1) is 10.6 Å². The molecule has 1 saturated carbocycles. The number of carbonyl (C=O) groups is 1. The highest BCUT2D eigenvalue weighted by molar-refractivity contribution is 6.30. The second kappa shape index (κ2) is 8.01. The zero-order chi connectivity index (χ0) is 17.8. The first-order valence-electron chi connectivity index (χ1n) is 8.84. The van der Waals surface area contributed by atoms with Gasteiger partial charge in [-0.05, 0) is 67.3 Å². The Balaban J connectivity index is 1.63. The quantitative estimate of drug-likeness (QED) is 0.467. The minimum absolute atomic E-state index is 0.0664. The number of halogens is 2. The molecule has 2 nitrogen and oxygen atoms in total. The summed E-state index contributed by atoms with van der Waals surface area (Å²) in [4.78, 5) is 12.2. The molecule has 0 aromatic heterocycles. The molecular weight excluding hydrogens is 339 g/mol. The van der Waals surface area contributed by atoms with Crippen molar-refractivity contribution in [2.24, 2.45) is 5.92 Å². The van der Waals surface area contributed by atoms with Crippen LogP contribution >= 0.6 is 11.6 Å². The Hall–Kier alpha value is -1.87. The second-order valence-corrected chi connectivity index (χ2v) is 7.12. The average molecular weight is 361 g/mol. The van der Waals surface area contributed by atoms with Crippen molar-refractivity contribution in [1.29, 1.82) is 0 Å². The van der Waals surface area contributed by atoms with Crippen LogP contribution in [0.2, 0.25) is 5.02 Å². The maximum Gasteiger partial charge on any atom is 0.343 e. The molecule has 3 rings (SSSR count). The largest absolute Gasteiger partial charge is 0.423 e. The minimum atomic E-state index is -0.538. The Morgan fingerprint density at radius 2 is 1.80 bits per heavy atom. The summed E-state index contributed by atoms with van der Waals surface area (Å²) in [5.41, 5.74) is 1.77. The lowest BCUT2D eigenvalue weighted by Crippen LogP contribution is -2.13. The summed E-state index contributed by atoms with van der Waals surface area (Å²) in [5, 5.41) is -0.0664. The molecule has 0 N–H and O–H groups in total. The first-order valence-corrected chi connectivity index (χ1v) is 9.21. The molecule has 0 radical (unpaired) electrons. The van der Waals surface area contributed by atoms with Gasteiger partial charge in [0.2, 0.25) is 0 Å². The van der Waals surface area contributed by atoms with Gasteiger partial charge >= 0.3 is 5.97 Å². The maximum atomic E-state index is 13.2. The molecule has 2 aromatic carbocycles. The van der Waals surface area contributed by atoms with Crippen LogP contribution in [0.15, 0.2) is 42.5 Å². The molecule has 1 aliphatic carbocycles. The molecule has 0 atom stereocenters. The number of rotatable bonds is 4. The third-order valence-corrected chi connectivity index (χ3v) is 5.43. The van der Waals surface area contributed by atoms with Gasteiger partial charge in [-0.25, -0.2) is 9.18 Å². The molecular formula is C21H22ClFO2. The van der Waals surface area contributed by atoms with Crippen molar-refractivity contribution in [3.8, 4) is 5.75 Å².